The molecule has 2 rings (SSSR count). The summed E-state index contributed by atoms with van der Waals surface area (Å²) >= 11 is 8.04. The van der Waals surface area contributed by atoms with E-state index in [1.807, 2.05) is 6.07 Å². The lowest BCUT2D eigenvalue weighted by Gasteiger charge is -2.39. The molecule has 0 aliphatic carbocycles. The largest absolute Gasteiger partial charge is 0.465 e. The fraction of sp³-hybridized carbons (Fsp3) is 0.700. The van der Waals surface area contributed by atoms with Crippen LogP contribution in [-0.4, -0.2) is 48.1 Å². The summed E-state index contributed by atoms with van der Waals surface area (Å²) in [6, 6.07) is 1.88. The summed E-state index contributed by atoms with van der Waals surface area (Å²) in [5, 5.41) is 9.77. The van der Waals surface area contributed by atoms with Crippen molar-refractivity contribution in [1.82, 2.24) is 4.98 Å². The quantitative estimate of drug-likeness (QED) is 0.404. The molecule has 1 fully saturated rings. The van der Waals surface area contributed by atoms with Crippen molar-refractivity contribution in [1.29, 1.82) is 0 Å². The topological polar surface area (TPSA) is 62.7 Å². The van der Waals surface area contributed by atoms with E-state index < -0.39 is 0 Å². The van der Waals surface area contributed by atoms with Crippen molar-refractivity contribution >= 4 is 35.1 Å². The molecule has 2 heterocycles. The van der Waals surface area contributed by atoms with Gasteiger partial charge < -0.3 is 14.7 Å². The highest BCUT2D eigenvalue weighted by atomic mass is 35.5. The molecule has 5 nitrogen and oxygen atoms in total. The van der Waals surface area contributed by atoms with Gasteiger partial charge in [-0.25, -0.2) is 4.98 Å². The van der Waals surface area contributed by atoms with E-state index in [4.69, 9.17) is 21.4 Å². The van der Waals surface area contributed by atoms with Gasteiger partial charge in [0.2, 0.25) is 0 Å². The molecule has 1 aromatic heterocycles. The summed E-state index contributed by atoms with van der Waals surface area (Å²) in [5.41, 5.74) is 0. The Balaban J connectivity index is 1.74. The molecular formula is C20H31ClN2O3S. The molecule has 0 spiro atoms. The Bertz CT molecular complexity index is 597. The van der Waals surface area contributed by atoms with Gasteiger partial charge in [-0.3, -0.25) is 4.79 Å². The number of aliphatic hydroxyl groups excluding tert-OH is 1. The standard InChI is InChI=1S/C20H31ClN2O3S/c1-3-5-6-15(4-2)14-26-18(25)8-10-27-17-7-9-22-20(19(17)21)23-11-16(12-23)13-24/h7,9,15-16,24H,3-6,8,10-14H2,1-2H3. The van der Waals surface area contributed by atoms with E-state index in [0.29, 0.717) is 35.6 Å². The van der Waals surface area contributed by atoms with Crippen LogP contribution in [0.5, 0.6) is 0 Å². The van der Waals surface area contributed by atoms with Gasteiger partial charge in [0, 0.05) is 42.5 Å². The summed E-state index contributed by atoms with van der Waals surface area (Å²) in [7, 11) is 0. The normalized spacial score (nSPS) is 15.5. The Morgan fingerprint density at radius 1 is 1.48 bits per heavy atom. The zero-order chi connectivity index (χ0) is 19.6. The minimum atomic E-state index is -0.142. The highest BCUT2D eigenvalue weighted by Crippen LogP contribution is 2.36. The van der Waals surface area contributed by atoms with E-state index in [1.165, 1.54) is 12.8 Å². The number of thioether (sulfide) groups is 1. The SMILES string of the molecule is CCCCC(CC)COC(=O)CCSc1ccnc(N2CC(CO)C2)c1Cl. The molecule has 0 saturated carbocycles. The molecule has 1 saturated heterocycles. The molecular weight excluding hydrogens is 384 g/mol. The first-order valence-electron chi connectivity index (χ1n) is 9.87. The van der Waals surface area contributed by atoms with Crippen molar-refractivity contribution in [2.75, 3.05) is 37.0 Å². The summed E-state index contributed by atoms with van der Waals surface area (Å²) < 4.78 is 5.44. The molecule has 1 unspecified atom stereocenters. The van der Waals surface area contributed by atoms with Crippen LogP contribution in [0.3, 0.4) is 0 Å². The Kier molecular flexibility index (Phi) is 9.73. The first-order chi connectivity index (χ1) is 13.1. The lowest BCUT2D eigenvalue weighted by molar-refractivity contribution is -0.144. The molecule has 1 aliphatic rings. The monoisotopic (exact) mass is 414 g/mol. The number of anilines is 1. The first-order valence-corrected chi connectivity index (χ1v) is 11.2. The molecule has 0 bridgehead atoms. The van der Waals surface area contributed by atoms with E-state index in [0.717, 1.165) is 36.6 Å². The molecule has 0 amide bonds. The number of esters is 1. The van der Waals surface area contributed by atoms with Crippen LogP contribution in [0.4, 0.5) is 5.82 Å². The molecule has 1 atom stereocenters. The van der Waals surface area contributed by atoms with Crippen molar-refractivity contribution < 1.29 is 14.6 Å². The summed E-state index contributed by atoms with van der Waals surface area (Å²) in [6.45, 7) is 6.61. The third kappa shape index (κ3) is 6.84. The van der Waals surface area contributed by atoms with Crippen LogP contribution in [0.15, 0.2) is 17.2 Å². The Hall–Kier alpha value is -0.980. The molecule has 0 radical (unpaired) electrons. The van der Waals surface area contributed by atoms with Crippen molar-refractivity contribution in [3.05, 3.63) is 17.3 Å². The van der Waals surface area contributed by atoms with Gasteiger partial charge >= 0.3 is 5.97 Å². The number of carbonyl (C=O) groups excluding carboxylic acids is 1. The second-order valence-corrected chi connectivity index (χ2v) is 8.61. The van der Waals surface area contributed by atoms with E-state index in [1.54, 1.807) is 18.0 Å². The summed E-state index contributed by atoms with van der Waals surface area (Å²) in [5.74, 6) is 2.02. The second kappa shape index (κ2) is 11.8. The van der Waals surface area contributed by atoms with Crippen LogP contribution >= 0.6 is 23.4 Å². The van der Waals surface area contributed by atoms with E-state index >= 15 is 0 Å². The zero-order valence-electron chi connectivity index (χ0n) is 16.3. The highest BCUT2D eigenvalue weighted by molar-refractivity contribution is 7.99. The minimum Gasteiger partial charge on any atom is -0.465 e. The van der Waals surface area contributed by atoms with Crippen LogP contribution in [0.25, 0.3) is 0 Å². The zero-order valence-corrected chi connectivity index (χ0v) is 17.9. The molecule has 1 N–H and O–H groups in total. The van der Waals surface area contributed by atoms with Gasteiger partial charge in [-0.15, -0.1) is 11.8 Å². The van der Waals surface area contributed by atoms with Crippen LogP contribution in [0.1, 0.15) is 46.0 Å². The third-order valence-electron chi connectivity index (χ3n) is 4.94. The Morgan fingerprint density at radius 3 is 2.93 bits per heavy atom. The van der Waals surface area contributed by atoms with Crippen LogP contribution in [0, 0.1) is 11.8 Å². The van der Waals surface area contributed by atoms with Crippen LogP contribution in [-0.2, 0) is 9.53 Å². The fourth-order valence-corrected chi connectivity index (χ4v) is 4.29. The molecule has 7 heteroatoms. The van der Waals surface area contributed by atoms with Gasteiger partial charge in [0.25, 0.3) is 0 Å². The third-order valence-corrected chi connectivity index (χ3v) is 6.48. The van der Waals surface area contributed by atoms with Gasteiger partial charge in [-0.1, -0.05) is 44.7 Å². The van der Waals surface area contributed by atoms with E-state index in [9.17, 15) is 4.79 Å². The van der Waals surface area contributed by atoms with Gasteiger partial charge in [-0.2, -0.15) is 0 Å². The summed E-state index contributed by atoms with van der Waals surface area (Å²) in [4.78, 5) is 19.4. The average molecular weight is 415 g/mol. The fourth-order valence-electron chi connectivity index (χ4n) is 3.03. The summed E-state index contributed by atoms with van der Waals surface area (Å²) in [6.07, 6.45) is 6.65. The smallest absolute Gasteiger partial charge is 0.306 e. The number of carbonyl (C=O) groups is 1. The number of rotatable bonds is 12. The van der Waals surface area contributed by atoms with Crippen LogP contribution < -0.4 is 4.90 Å². The van der Waals surface area contributed by atoms with Crippen molar-refractivity contribution in [3.8, 4) is 0 Å². The number of nitrogens with zero attached hydrogens (tertiary/aromatic N) is 2. The predicted molar refractivity (Wildman–Crippen MR) is 112 cm³/mol. The van der Waals surface area contributed by atoms with Crippen molar-refractivity contribution in [2.45, 2.75) is 50.8 Å². The number of unbranched alkanes of at least 4 members (excludes halogenated alkanes) is 1. The number of halogens is 1. The van der Waals surface area contributed by atoms with Gasteiger partial charge in [0.05, 0.1) is 18.1 Å². The number of hydrogen-bond acceptors (Lipinski definition) is 6. The van der Waals surface area contributed by atoms with Crippen LogP contribution in [0.2, 0.25) is 5.02 Å². The van der Waals surface area contributed by atoms with Crippen molar-refractivity contribution in [3.63, 3.8) is 0 Å². The van der Waals surface area contributed by atoms with Gasteiger partial charge in [0.1, 0.15) is 5.82 Å². The molecule has 0 aromatic carbocycles. The first kappa shape index (κ1) is 22.3. The number of aliphatic hydroxyl groups is 1. The average Bonchev–Trinajstić information content (AvgIpc) is 2.63. The molecule has 1 aliphatic heterocycles. The maximum absolute atomic E-state index is 12.0. The second-order valence-electron chi connectivity index (χ2n) is 7.10. The lowest BCUT2D eigenvalue weighted by Crippen LogP contribution is -2.48. The van der Waals surface area contributed by atoms with Gasteiger partial charge in [0.15, 0.2) is 0 Å². The maximum atomic E-state index is 12.0. The number of pyridine rings is 1. The van der Waals surface area contributed by atoms with E-state index in [-0.39, 0.29) is 12.6 Å². The molecule has 1 aromatic rings. The number of hydrogen-bond donors (Lipinski definition) is 1. The molecule has 27 heavy (non-hydrogen) atoms. The van der Waals surface area contributed by atoms with Gasteiger partial charge in [-0.05, 0) is 18.4 Å². The molecule has 152 valence electrons. The van der Waals surface area contributed by atoms with E-state index in [2.05, 4.69) is 23.7 Å². The maximum Gasteiger partial charge on any atom is 0.306 e. The minimum absolute atomic E-state index is 0.142. The van der Waals surface area contributed by atoms with Crippen molar-refractivity contribution in [2.24, 2.45) is 11.8 Å². The number of ether oxygens (including phenoxy) is 1. The predicted octanol–water partition coefficient (Wildman–Crippen LogP) is 4.41. The Morgan fingerprint density at radius 2 is 2.26 bits per heavy atom. The highest BCUT2D eigenvalue weighted by Gasteiger charge is 2.29. The number of aromatic nitrogens is 1. The lowest BCUT2D eigenvalue weighted by atomic mass is 10.0. The Labute approximate surface area is 171 Å².